The SMILES string of the molecule is CC(=O)Nc1cc(Nc2cc(C)nc(C(C)(F)F)n2)c(OC[C@H]2CCC[C@@H](C)O2)cn1. The number of nitrogens with one attached hydrogen (secondary N) is 2. The van der Waals surface area contributed by atoms with E-state index in [0.717, 1.165) is 26.2 Å². The van der Waals surface area contributed by atoms with E-state index < -0.39 is 11.7 Å². The van der Waals surface area contributed by atoms with Gasteiger partial charge in [0.15, 0.2) is 5.75 Å². The zero-order valence-electron chi connectivity index (χ0n) is 18.0. The van der Waals surface area contributed by atoms with Gasteiger partial charge >= 0.3 is 5.92 Å². The maximum Gasteiger partial charge on any atom is 0.303 e. The smallest absolute Gasteiger partial charge is 0.303 e. The first-order valence-electron chi connectivity index (χ1n) is 10.2. The lowest BCUT2D eigenvalue weighted by Gasteiger charge is -2.28. The van der Waals surface area contributed by atoms with Crippen LogP contribution in [0.3, 0.4) is 0 Å². The average Bonchev–Trinajstić information content (AvgIpc) is 2.66. The van der Waals surface area contributed by atoms with Crippen molar-refractivity contribution >= 4 is 23.2 Å². The fraction of sp³-hybridized carbons (Fsp3) is 0.524. The number of carbonyl (C=O) groups excluding carboxylic acids is 1. The minimum absolute atomic E-state index is 0.0432. The molecule has 2 atom stereocenters. The molecular weight excluding hydrogens is 408 g/mol. The number of rotatable bonds is 7. The van der Waals surface area contributed by atoms with Gasteiger partial charge in [-0.05, 0) is 33.1 Å². The molecule has 0 bridgehead atoms. The van der Waals surface area contributed by atoms with Gasteiger partial charge < -0.3 is 20.1 Å². The van der Waals surface area contributed by atoms with Gasteiger partial charge in [-0.2, -0.15) is 8.78 Å². The second-order valence-electron chi connectivity index (χ2n) is 7.79. The third-order valence-electron chi connectivity index (χ3n) is 4.67. The van der Waals surface area contributed by atoms with Crippen molar-refractivity contribution < 1.29 is 23.0 Å². The molecule has 2 N–H and O–H groups in total. The number of nitrogens with zero attached hydrogens (tertiary/aromatic N) is 3. The number of aryl methyl sites for hydroxylation is 1. The first-order valence-corrected chi connectivity index (χ1v) is 10.2. The van der Waals surface area contributed by atoms with E-state index in [1.54, 1.807) is 19.1 Å². The average molecular weight is 435 g/mol. The van der Waals surface area contributed by atoms with E-state index in [1.165, 1.54) is 13.1 Å². The summed E-state index contributed by atoms with van der Waals surface area (Å²) in [5.74, 6) is -3.21. The van der Waals surface area contributed by atoms with Crippen LogP contribution < -0.4 is 15.4 Å². The van der Waals surface area contributed by atoms with E-state index in [2.05, 4.69) is 25.6 Å². The zero-order valence-corrected chi connectivity index (χ0v) is 18.0. The molecule has 0 aromatic carbocycles. The predicted octanol–water partition coefficient (Wildman–Crippen LogP) is 4.33. The summed E-state index contributed by atoms with van der Waals surface area (Å²) in [4.78, 5) is 23.3. The Morgan fingerprint density at radius 1 is 1.29 bits per heavy atom. The number of anilines is 3. The van der Waals surface area contributed by atoms with Gasteiger partial charge in [-0.25, -0.2) is 15.0 Å². The Morgan fingerprint density at radius 3 is 2.74 bits per heavy atom. The van der Waals surface area contributed by atoms with E-state index in [9.17, 15) is 13.6 Å². The Kier molecular flexibility index (Phi) is 6.99. The van der Waals surface area contributed by atoms with Crippen molar-refractivity contribution in [3.8, 4) is 5.75 Å². The molecule has 2 aromatic rings. The van der Waals surface area contributed by atoms with Gasteiger partial charge in [0.1, 0.15) is 18.2 Å². The molecule has 168 valence electrons. The summed E-state index contributed by atoms with van der Waals surface area (Å²) in [6.45, 7) is 6.07. The third kappa shape index (κ3) is 6.55. The zero-order chi connectivity index (χ0) is 22.6. The van der Waals surface area contributed by atoms with Crippen LogP contribution in [0.15, 0.2) is 18.3 Å². The highest BCUT2D eigenvalue weighted by Gasteiger charge is 2.29. The molecule has 31 heavy (non-hydrogen) atoms. The molecule has 1 amide bonds. The van der Waals surface area contributed by atoms with Gasteiger partial charge in [0, 0.05) is 31.7 Å². The van der Waals surface area contributed by atoms with Gasteiger partial charge in [0.25, 0.3) is 0 Å². The number of hydrogen-bond donors (Lipinski definition) is 2. The highest BCUT2D eigenvalue weighted by atomic mass is 19.3. The first kappa shape index (κ1) is 22.8. The second kappa shape index (κ2) is 9.51. The maximum absolute atomic E-state index is 13.7. The monoisotopic (exact) mass is 435 g/mol. The fourth-order valence-electron chi connectivity index (χ4n) is 3.27. The molecule has 1 aliphatic rings. The Hall–Kier alpha value is -2.88. The summed E-state index contributed by atoms with van der Waals surface area (Å²) in [6.07, 6.45) is 4.58. The van der Waals surface area contributed by atoms with E-state index in [1.807, 2.05) is 6.92 Å². The van der Waals surface area contributed by atoms with Crippen molar-refractivity contribution in [2.45, 2.75) is 65.1 Å². The van der Waals surface area contributed by atoms with E-state index in [4.69, 9.17) is 9.47 Å². The highest BCUT2D eigenvalue weighted by molar-refractivity contribution is 5.88. The number of halogens is 2. The lowest BCUT2D eigenvalue weighted by Crippen LogP contribution is -2.30. The molecular formula is C21H27F2N5O3. The minimum atomic E-state index is -3.18. The number of hydrogen-bond acceptors (Lipinski definition) is 7. The summed E-state index contributed by atoms with van der Waals surface area (Å²) < 4.78 is 39.3. The molecule has 0 spiro atoms. The molecule has 10 heteroatoms. The van der Waals surface area contributed by atoms with Crippen LogP contribution in [0.25, 0.3) is 0 Å². The number of alkyl halides is 2. The van der Waals surface area contributed by atoms with Gasteiger partial charge in [0.05, 0.1) is 24.1 Å². The maximum atomic E-state index is 13.7. The van der Waals surface area contributed by atoms with Crippen LogP contribution in [0.4, 0.5) is 26.1 Å². The molecule has 0 saturated carbocycles. The molecule has 0 unspecified atom stereocenters. The summed E-state index contributed by atoms with van der Waals surface area (Å²) in [6, 6.07) is 3.10. The lowest BCUT2D eigenvalue weighted by molar-refractivity contribution is -0.114. The fourth-order valence-corrected chi connectivity index (χ4v) is 3.27. The summed E-state index contributed by atoms with van der Waals surface area (Å²) in [7, 11) is 0. The number of pyridine rings is 1. The molecule has 8 nitrogen and oxygen atoms in total. The van der Waals surface area contributed by atoms with Crippen LogP contribution in [0, 0.1) is 6.92 Å². The number of carbonyl (C=O) groups is 1. The molecule has 0 radical (unpaired) electrons. The third-order valence-corrected chi connectivity index (χ3v) is 4.67. The van der Waals surface area contributed by atoms with Gasteiger partial charge in [-0.15, -0.1) is 0 Å². The molecule has 1 saturated heterocycles. The molecule has 0 aliphatic carbocycles. The van der Waals surface area contributed by atoms with Crippen LogP contribution in [-0.4, -0.2) is 39.7 Å². The highest BCUT2D eigenvalue weighted by Crippen LogP contribution is 2.31. The number of amides is 1. The van der Waals surface area contributed by atoms with Crippen molar-refractivity contribution in [1.29, 1.82) is 0 Å². The van der Waals surface area contributed by atoms with Crippen LogP contribution in [0.5, 0.6) is 5.75 Å². The van der Waals surface area contributed by atoms with Crippen molar-refractivity contribution in [3.63, 3.8) is 0 Å². The number of aromatic nitrogens is 3. The molecule has 3 heterocycles. The van der Waals surface area contributed by atoms with Crippen molar-refractivity contribution in [2.24, 2.45) is 0 Å². The quantitative estimate of drug-likeness (QED) is 0.668. The standard InChI is InChI=1S/C21H27F2N5O3/c1-12-8-19(28-20(25-12)21(4,22)23)27-16-9-18(26-14(3)29)24-10-17(16)30-11-15-7-5-6-13(2)31-15/h8-10,13,15H,5-7,11H2,1-4H3,(H2,24,25,26,27,28,29)/t13-,15-/m1/s1. The van der Waals surface area contributed by atoms with Crippen molar-refractivity contribution in [3.05, 3.63) is 29.8 Å². The molecule has 1 aliphatic heterocycles. The molecule has 1 fully saturated rings. The predicted molar refractivity (Wildman–Crippen MR) is 112 cm³/mol. The lowest BCUT2D eigenvalue weighted by atomic mass is 10.1. The van der Waals surface area contributed by atoms with Crippen LogP contribution in [-0.2, 0) is 15.5 Å². The second-order valence-corrected chi connectivity index (χ2v) is 7.79. The summed E-state index contributed by atoms with van der Waals surface area (Å²) >= 11 is 0. The van der Waals surface area contributed by atoms with Crippen molar-refractivity contribution in [2.75, 3.05) is 17.2 Å². The van der Waals surface area contributed by atoms with E-state index in [-0.39, 0.29) is 29.8 Å². The Labute approximate surface area is 179 Å². The minimum Gasteiger partial charge on any atom is -0.487 e. The largest absolute Gasteiger partial charge is 0.487 e. The summed E-state index contributed by atoms with van der Waals surface area (Å²) in [5.41, 5.74) is 0.809. The Balaban J connectivity index is 1.85. The first-order chi connectivity index (χ1) is 14.6. The normalized spacial score (nSPS) is 19.0. The van der Waals surface area contributed by atoms with Gasteiger partial charge in [-0.3, -0.25) is 4.79 Å². The molecule has 2 aromatic heterocycles. The van der Waals surface area contributed by atoms with E-state index in [0.29, 0.717) is 23.7 Å². The Bertz CT molecular complexity index is 936. The van der Waals surface area contributed by atoms with Gasteiger partial charge in [-0.1, -0.05) is 0 Å². The molecule has 3 rings (SSSR count). The Morgan fingerprint density at radius 2 is 2.06 bits per heavy atom. The van der Waals surface area contributed by atoms with E-state index >= 15 is 0 Å². The summed E-state index contributed by atoms with van der Waals surface area (Å²) in [5, 5.41) is 5.59. The van der Waals surface area contributed by atoms with Crippen molar-refractivity contribution in [1.82, 2.24) is 15.0 Å². The van der Waals surface area contributed by atoms with Crippen LogP contribution in [0.2, 0.25) is 0 Å². The van der Waals surface area contributed by atoms with Crippen LogP contribution >= 0.6 is 0 Å². The van der Waals surface area contributed by atoms with Gasteiger partial charge in [0.2, 0.25) is 11.7 Å². The number of ether oxygens (including phenoxy) is 2. The topological polar surface area (TPSA) is 98.3 Å². The van der Waals surface area contributed by atoms with Crippen LogP contribution in [0.1, 0.15) is 51.6 Å².